The maximum absolute atomic E-state index is 13.2. The van der Waals surface area contributed by atoms with Crippen molar-refractivity contribution in [3.8, 4) is 11.5 Å². The number of rotatable bonds is 4. The fourth-order valence-electron chi connectivity index (χ4n) is 3.44. The molecule has 2 heterocycles. The van der Waals surface area contributed by atoms with Gasteiger partial charge in [-0.3, -0.25) is 4.79 Å². The molecule has 3 rings (SSSR count). The molecule has 0 bridgehead atoms. The summed E-state index contributed by atoms with van der Waals surface area (Å²) in [5, 5.41) is 0. The van der Waals surface area contributed by atoms with Gasteiger partial charge in [-0.05, 0) is 50.5 Å². The van der Waals surface area contributed by atoms with Gasteiger partial charge in [0.15, 0.2) is 0 Å². The van der Waals surface area contributed by atoms with Crippen LogP contribution in [0.2, 0.25) is 0 Å². The van der Waals surface area contributed by atoms with Crippen molar-refractivity contribution in [2.75, 3.05) is 27.8 Å². The predicted octanol–water partition coefficient (Wildman–Crippen LogP) is 1.97. The van der Waals surface area contributed by atoms with Crippen LogP contribution in [0.15, 0.2) is 34.4 Å². The molecule has 0 aliphatic carbocycles. The van der Waals surface area contributed by atoms with Crippen molar-refractivity contribution < 1.29 is 22.7 Å². The van der Waals surface area contributed by atoms with E-state index in [1.54, 1.807) is 23.1 Å². The third-order valence-corrected chi connectivity index (χ3v) is 6.45. The standard InChI is InChI=1S/C19H25N3O5S/c1-13-7-5-6-10-22(13)19(23)17-12-16(20-28(24,25)21(17)2)15-11-14(26-3)8-9-18(15)27-4/h8-9,11-13H,5-7,10H2,1-4H3/t13-/m0/s1. The van der Waals surface area contributed by atoms with Crippen molar-refractivity contribution >= 4 is 21.8 Å². The normalized spacial score (nSPS) is 21.6. The number of likely N-dealkylation sites (N-methyl/N-ethyl adjacent to an activating group) is 1. The number of piperidine rings is 1. The van der Waals surface area contributed by atoms with Crippen molar-refractivity contribution in [2.45, 2.75) is 32.2 Å². The summed E-state index contributed by atoms with van der Waals surface area (Å²) in [4.78, 5) is 14.9. The highest BCUT2D eigenvalue weighted by Gasteiger charge is 2.35. The van der Waals surface area contributed by atoms with E-state index < -0.39 is 10.2 Å². The van der Waals surface area contributed by atoms with Crippen LogP contribution in [0, 0.1) is 0 Å². The number of carbonyl (C=O) groups is 1. The van der Waals surface area contributed by atoms with Crippen LogP contribution in [0.3, 0.4) is 0 Å². The number of allylic oxidation sites excluding steroid dienone is 1. The summed E-state index contributed by atoms with van der Waals surface area (Å²) < 4.78 is 40.7. The zero-order chi connectivity index (χ0) is 20.5. The molecule has 8 nitrogen and oxygen atoms in total. The van der Waals surface area contributed by atoms with Crippen LogP contribution in [0.1, 0.15) is 31.7 Å². The monoisotopic (exact) mass is 407 g/mol. The highest BCUT2D eigenvalue weighted by atomic mass is 32.2. The fourth-order valence-corrected chi connectivity index (χ4v) is 4.34. The Hall–Kier alpha value is -2.55. The molecule has 1 fully saturated rings. The van der Waals surface area contributed by atoms with Gasteiger partial charge in [-0.1, -0.05) is 0 Å². The van der Waals surface area contributed by atoms with E-state index in [-0.39, 0.29) is 23.4 Å². The summed E-state index contributed by atoms with van der Waals surface area (Å²) >= 11 is 0. The topological polar surface area (TPSA) is 88.5 Å². The number of carbonyl (C=O) groups excluding carboxylic acids is 1. The Morgan fingerprint density at radius 2 is 1.96 bits per heavy atom. The molecule has 0 radical (unpaired) electrons. The van der Waals surface area contributed by atoms with Crippen LogP contribution in [0.25, 0.3) is 0 Å². The Balaban J connectivity index is 2.08. The van der Waals surface area contributed by atoms with Crippen LogP contribution in [-0.2, 0) is 15.0 Å². The van der Waals surface area contributed by atoms with Gasteiger partial charge < -0.3 is 14.4 Å². The van der Waals surface area contributed by atoms with Crippen LogP contribution < -0.4 is 9.47 Å². The van der Waals surface area contributed by atoms with E-state index in [4.69, 9.17) is 9.47 Å². The van der Waals surface area contributed by atoms with Gasteiger partial charge in [-0.2, -0.15) is 8.42 Å². The van der Waals surface area contributed by atoms with Crippen LogP contribution in [-0.4, -0.2) is 63.1 Å². The van der Waals surface area contributed by atoms with E-state index >= 15 is 0 Å². The summed E-state index contributed by atoms with van der Waals surface area (Å²) in [5.74, 6) is 0.655. The largest absolute Gasteiger partial charge is 0.497 e. The second kappa shape index (κ2) is 7.83. The van der Waals surface area contributed by atoms with E-state index in [1.807, 2.05) is 6.92 Å². The zero-order valence-corrected chi connectivity index (χ0v) is 17.3. The van der Waals surface area contributed by atoms with Crippen molar-refractivity contribution in [1.82, 2.24) is 9.21 Å². The molecule has 28 heavy (non-hydrogen) atoms. The lowest BCUT2D eigenvalue weighted by atomic mass is 10.0. The minimum atomic E-state index is -4.04. The Labute approximate surface area is 165 Å². The van der Waals surface area contributed by atoms with E-state index in [1.165, 1.54) is 27.3 Å². The molecule has 1 saturated heterocycles. The summed E-state index contributed by atoms with van der Waals surface area (Å²) in [6.45, 7) is 2.59. The Kier molecular flexibility index (Phi) is 5.64. The number of nitrogens with zero attached hydrogens (tertiary/aromatic N) is 3. The quantitative estimate of drug-likeness (QED) is 0.761. The van der Waals surface area contributed by atoms with Gasteiger partial charge in [0.2, 0.25) is 0 Å². The molecule has 1 aromatic carbocycles. The van der Waals surface area contributed by atoms with Crippen molar-refractivity contribution in [1.29, 1.82) is 0 Å². The molecule has 152 valence electrons. The summed E-state index contributed by atoms with van der Waals surface area (Å²) in [6, 6.07) is 5.08. The molecule has 0 unspecified atom stereocenters. The second-order valence-corrected chi connectivity index (χ2v) is 8.49. The Bertz CT molecular complexity index is 939. The lowest BCUT2D eigenvalue weighted by Crippen LogP contribution is -2.46. The van der Waals surface area contributed by atoms with Gasteiger partial charge in [-0.15, -0.1) is 4.40 Å². The first-order valence-electron chi connectivity index (χ1n) is 9.12. The number of ether oxygens (including phenoxy) is 2. The van der Waals surface area contributed by atoms with E-state index in [9.17, 15) is 13.2 Å². The molecule has 2 aliphatic rings. The average Bonchev–Trinajstić information content (AvgIpc) is 2.69. The molecule has 0 aromatic heterocycles. The number of benzene rings is 1. The fraction of sp³-hybridized carbons (Fsp3) is 0.474. The zero-order valence-electron chi connectivity index (χ0n) is 16.5. The maximum atomic E-state index is 13.2. The highest BCUT2D eigenvalue weighted by Crippen LogP contribution is 2.30. The minimum absolute atomic E-state index is 0.0620. The van der Waals surface area contributed by atoms with Gasteiger partial charge in [-0.25, -0.2) is 4.31 Å². The summed E-state index contributed by atoms with van der Waals surface area (Å²) in [5.41, 5.74) is 0.654. The number of methoxy groups -OCH3 is 2. The molecule has 0 spiro atoms. The molecule has 1 atom stereocenters. The summed E-state index contributed by atoms with van der Waals surface area (Å²) in [7, 11) is 0.301. The van der Waals surface area contributed by atoms with E-state index in [2.05, 4.69) is 4.40 Å². The third-order valence-electron chi connectivity index (χ3n) is 5.14. The lowest BCUT2D eigenvalue weighted by Gasteiger charge is -2.36. The van der Waals surface area contributed by atoms with Crippen molar-refractivity contribution in [3.63, 3.8) is 0 Å². The van der Waals surface area contributed by atoms with E-state index in [0.717, 1.165) is 23.6 Å². The first-order chi connectivity index (χ1) is 13.3. The summed E-state index contributed by atoms with van der Waals surface area (Å²) in [6.07, 6.45) is 4.37. The van der Waals surface area contributed by atoms with Crippen molar-refractivity contribution in [2.24, 2.45) is 4.40 Å². The van der Waals surface area contributed by atoms with Gasteiger partial charge in [0.05, 0.1) is 19.9 Å². The molecule has 0 N–H and O–H groups in total. The number of hydrogen-bond donors (Lipinski definition) is 0. The molecule has 9 heteroatoms. The van der Waals surface area contributed by atoms with Gasteiger partial charge >= 0.3 is 10.2 Å². The minimum Gasteiger partial charge on any atom is -0.497 e. The Morgan fingerprint density at radius 1 is 1.21 bits per heavy atom. The molecule has 1 aromatic rings. The van der Waals surface area contributed by atoms with E-state index in [0.29, 0.717) is 23.6 Å². The average molecular weight is 407 g/mol. The van der Waals surface area contributed by atoms with Crippen molar-refractivity contribution in [3.05, 3.63) is 35.5 Å². The van der Waals surface area contributed by atoms with Gasteiger partial charge in [0, 0.05) is 25.2 Å². The number of amides is 1. The smallest absolute Gasteiger partial charge is 0.345 e. The predicted molar refractivity (Wildman–Crippen MR) is 106 cm³/mol. The Morgan fingerprint density at radius 3 is 2.61 bits per heavy atom. The molecular formula is C19H25N3O5S. The first-order valence-corrected chi connectivity index (χ1v) is 10.5. The van der Waals surface area contributed by atoms with Gasteiger partial charge in [0.1, 0.15) is 17.2 Å². The SMILES string of the molecule is COc1ccc(OC)c(C2=NS(=O)(=O)N(C)C(C(=O)N3CCCC[C@@H]3C)=C2)c1. The molecule has 1 amide bonds. The van der Waals surface area contributed by atoms with Gasteiger partial charge in [0.25, 0.3) is 5.91 Å². The lowest BCUT2D eigenvalue weighted by molar-refractivity contribution is -0.131. The molecule has 2 aliphatic heterocycles. The van der Waals surface area contributed by atoms with Crippen LogP contribution >= 0.6 is 0 Å². The first kappa shape index (κ1) is 20.2. The number of likely N-dealkylation sites (tertiary alicyclic amines) is 1. The molecule has 0 saturated carbocycles. The number of hydrogen-bond acceptors (Lipinski definition) is 5. The van der Waals surface area contributed by atoms with Crippen LogP contribution in [0.4, 0.5) is 0 Å². The maximum Gasteiger partial charge on any atom is 0.345 e. The second-order valence-electron chi connectivity index (χ2n) is 6.86. The highest BCUT2D eigenvalue weighted by molar-refractivity contribution is 7.88. The van der Waals surface area contributed by atoms with Crippen LogP contribution in [0.5, 0.6) is 11.5 Å². The molecular weight excluding hydrogens is 382 g/mol. The third kappa shape index (κ3) is 3.71.